The van der Waals surface area contributed by atoms with Gasteiger partial charge in [-0.2, -0.15) is 18.3 Å². The van der Waals surface area contributed by atoms with E-state index < -0.39 is 67.4 Å². The van der Waals surface area contributed by atoms with Crippen LogP contribution in [-0.2, 0) is 4.79 Å². The molecule has 9 nitrogen and oxygen atoms in total. The Labute approximate surface area is 287 Å². The molecule has 1 aromatic heterocycles. The third kappa shape index (κ3) is 8.74. The van der Waals surface area contributed by atoms with Gasteiger partial charge in [-0.1, -0.05) is 70.3 Å². The Hall–Kier alpha value is -3.78. The van der Waals surface area contributed by atoms with Crippen molar-refractivity contribution in [1.29, 1.82) is 0 Å². The lowest BCUT2D eigenvalue weighted by atomic mass is 9.66. The second-order valence-electron chi connectivity index (χ2n) is 14.1. The molecule has 3 N–H and O–H groups in total. The minimum atomic E-state index is -4.80. The van der Waals surface area contributed by atoms with E-state index in [0.29, 0.717) is 4.90 Å². The summed E-state index contributed by atoms with van der Waals surface area (Å²) in [5.41, 5.74) is -0.151. The number of halogens is 6. The van der Waals surface area contributed by atoms with Gasteiger partial charge in [-0.05, 0) is 55.4 Å². The maximum Gasteiger partial charge on any atom is 0.410 e. The number of nitrogens with zero attached hydrogens (tertiary/aromatic N) is 3. The van der Waals surface area contributed by atoms with E-state index in [1.54, 1.807) is 16.1 Å². The summed E-state index contributed by atoms with van der Waals surface area (Å²) in [6.45, 7) is 2.84. The predicted molar refractivity (Wildman–Crippen MR) is 174 cm³/mol. The molecule has 2 aliphatic carbocycles. The van der Waals surface area contributed by atoms with Gasteiger partial charge in [0.2, 0.25) is 12.3 Å². The molecule has 1 aliphatic heterocycles. The first-order valence-electron chi connectivity index (χ1n) is 17.6. The van der Waals surface area contributed by atoms with Gasteiger partial charge in [-0.15, -0.1) is 0 Å². The fraction of sp³-hybridized carbons (Fsp3) is 0.657. The summed E-state index contributed by atoms with van der Waals surface area (Å²) >= 11 is 0. The molecular formula is C35H46F6N6O3. The number of hydrogen-bond acceptors (Lipinski definition) is 4. The number of nitrogens with one attached hydrogen (secondary N) is 3. The normalized spacial score (nSPS) is 20.7. The summed E-state index contributed by atoms with van der Waals surface area (Å²) in [5.74, 6) is -2.03. The van der Waals surface area contributed by atoms with Crippen LogP contribution in [0.25, 0.3) is 0 Å². The molecule has 1 aromatic carbocycles. The molecule has 0 spiro atoms. The van der Waals surface area contributed by atoms with Gasteiger partial charge in [0.15, 0.2) is 0 Å². The van der Waals surface area contributed by atoms with Crippen molar-refractivity contribution in [2.24, 2.45) is 17.8 Å². The fourth-order valence-electron chi connectivity index (χ4n) is 8.10. The summed E-state index contributed by atoms with van der Waals surface area (Å²) in [6, 6.07) is -1.36. The van der Waals surface area contributed by atoms with Crippen molar-refractivity contribution < 1.29 is 40.7 Å². The number of hydrogen-bond donors (Lipinski definition) is 3. The van der Waals surface area contributed by atoms with Gasteiger partial charge in [0.05, 0.1) is 18.3 Å². The van der Waals surface area contributed by atoms with E-state index in [4.69, 9.17) is 0 Å². The molecule has 15 heteroatoms. The first-order valence-corrected chi connectivity index (χ1v) is 17.6. The summed E-state index contributed by atoms with van der Waals surface area (Å²) in [4.78, 5) is 41.1. The highest BCUT2D eigenvalue weighted by Gasteiger charge is 2.49. The highest BCUT2D eigenvalue weighted by atomic mass is 19.4. The Kier molecular flexibility index (Phi) is 12.0. The Morgan fingerprint density at radius 2 is 1.60 bits per heavy atom. The number of carbonyl (C=O) groups is 3. The van der Waals surface area contributed by atoms with Gasteiger partial charge in [-0.3, -0.25) is 14.3 Å². The number of anilines is 1. The van der Waals surface area contributed by atoms with E-state index >= 15 is 4.39 Å². The van der Waals surface area contributed by atoms with Gasteiger partial charge in [0.1, 0.15) is 23.6 Å². The topological polar surface area (TPSA) is 108 Å². The molecule has 2 aromatic rings. The van der Waals surface area contributed by atoms with Crippen molar-refractivity contribution in [1.82, 2.24) is 25.3 Å². The third-order valence-corrected chi connectivity index (χ3v) is 10.5. The molecule has 0 bridgehead atoms. The van der Waals surface area contributed by atoms with E-state index in [0.717, 1.165) is 76.3 Å². The van der Waals surface area contributed by atoms with E-state index in [-0.39, 0.29) is 40.7 Å². The summed E-state index contributed by atoms with van der Waals surface area (Å²) in [6.07, 6.45) is 2.49. The number of carbonyl (C=O) groups excluding carboxylic acids is 3. The SMILES string of the molecule is CC(C)n1nccc1C(=O)N[C@@H](C(=O)Nc1ccc([C@H](CC(F)F)N2C[C@@H](C(F)(F)F)NC2=O)cc1F)C(C1CCCCC1)C1CCCCC1. The van der Waals surface area contributed by atoms with Crippen molar-refractivity contribution in [3.63, 3.8) is 0 Å². The smallest absolute Gasteiger partial charge is 0.339 e. The van der Waals surface area contributed by atoms with Gasteiger partial charge in [0.25, 0.3) is 5.91 Å². The minimum Gasteiger partial charge on any atom is -0.339 e. The summed E-state index contributed by atoms with van der Waals surface area (Å²) in [5, 5.41) is 11.6. The number of rotatable bonds is 12. The van der Waals surface area contributed by atoms with Crippen molar-refractivity contribution in [2.75, 3.05) is 11.9 Å². The zero-order valence-corrected chi connectivity index (χ0v) is 28.3. The number of amides is 4. The molecule has 5 rings (SSSR count). The van der Waals surface area contributed by atoms with Gasteiger partial charge < -0.3 is 20.9 Å². The maximum absolute atomic E-state index is 15.8. The Morgan fingerprint density at radius 1 is 0.980 bits per heavy atom. The number of aromatic nitrogens is 2. The molecule has 2 saturated carbocycles. The molecule has 0 radical (unpaired) electrons. The first kappa shape index (κ1) is 37.5. The van der Waals surface area contributed by atoms with Crippen LogP contribution in [0.2, 0.25) is 0 Å². The van der Waals surface area contributed by atoms with Crippen molar-refractivity contribution in [2.45, 2.75) is 121 Å². The zero-order chi connectivity index (χ0) is 36.2. The summed E-state index contributed by atoms with van der Waals surface area (Å²) in [7, 11) is 0. The van der Waals surface area contributed by atoms with Gasteiger partial charge in [0, 0.05) is 18.7 Å². The second kappa shape index (κ2) is 16.1. The number of alkyl halides is 5. The molecule has 1 saturated heterocycles. The average Bonchev–Trinajstić information content (AvgIpc) is 3.73. The lowest BCUT2D eigenvalue weighted by Crippen LogP contribution is -2.53. The standard InChI is InChI=1S/C35H46F6N6O3/c1-20(2)47-26(15-16-42-47)32(48)45-31(30(21-9-5-3-6-10-21)22-11-7-4-8-12-22)33(49)43-25-14-13-23(17-24(25)36)27(18-29(37)38)46-19-28(35(39,40)41)44-34(46)50/h13-17,20-22,27-31H,3-12,18-19H2,1-2H3,(H,43,49)(H,44,50)(H,45,48)/t27-,28-,31+/m0/s1. The number of benzene rings is 1. The molecule has 276 valence electrons. The van der Waals surface area contributed by atoms with Crippen molar-refractivity contribution in [3.05, 3.63) is 47.5 Å². The van der Waals surface area contributed by atoms with Crippen LogP contribution >= 0.6 is 0 Å². The van der Waals surface area contributed by atoms with E-state index in [2.05, 4.69) is 15.7 Å². The molecular weight excluding hydrogens is 666 g/mol. The lowest BCUT2D eigenvalue weighted by Gasteiger charge is -2.42. The van der Waals surface area contributed by atoms with E-state index in [1.807, 2.05) is 13.8 Å². The second-order valence-corrected chi connectivity index (χ2v) is 14.1. The van der Waals surface area contributed by atoms with Crippen LogP contribution in [0.5, 0.6) is 0 Å². The fourth-order valence-corrected chi connectivity index (χ4v) is 8.10. The minimum absolute atomic E-state index is 0.127. The monoisotopic (exact) mass is 712 g/mol. The van der Waals surface area contributed by atoms with E-state index in [9.17, 15) is 36.3 Å². The van der Waals surface area contributed by atoms with Crippen LogP contribution < -0.4 is 16.0 Å². The highest BCUT2D eigenvalue weighted by Crippen LogP contribution is 2.42. The van der Waals surface area contributed by atoms with Gasteiger partial charge >= 0.3 is 12.2 Å². The zero-order valence-electron chi connectivity index (χ0n) is 28.3. The Bertz CT molecular complexity index is 1470. The lowest BCUT2D eigenvalue weighted by molar-refractivity contribution is -0.150. The first-order chi connectivity index (χ1) is 23.7. The highest BCUT2D eigenvalue weighted by molar-refractivity contribution is 6.00. The van der Waals surface area contributed by atoms with Crippen LogP contribution in [0, 0.1) is 23.6 Å². The predicted octanol–water partition coefficient (Wildman–Crippen LogP) is 7.77. The van der Waals surface area contributed by atoms with Crippen molar-refractivity contribution >= 4 is 23.5 Å². The van der Waals surface area contributed by atoms with Gasteiger partial charge in [-0.25, -0.2) is 18.0 Å². The molecule has 50 heavy (non-hydrogen) atoms. The molecule has 3 fully saturated rings. The quantitative estimate of drug-likeness (QED) is 0.196. The molecule has 0 unspecified atom stereocenters. The molecule has 3 atom stereocenters. The molecule has 2 heterocycles. The Balaban J connectivity index is 1.44. The van der Waals surface area contributed by atoms with Crippen LogP contribution in [-0.4, -0.2) is 63.8 Å². The van der Waals surface area contributed by atoms with E-state index in [1.165, 1.54) is 12.3 Å². The molecule has 3 aliphatic rings. The van der Waals surface area contributed by atoms with Crippen molar-refractivity contribution in [3.8, 4) is 0 Å². The summed E-state index contributed by atoms with van der Waals surface area (Å²) < 4.78 is 84.5. The third-order valence-electron chi connectivity index (χ3n) is 10.5. The Morgan fingerprint density at radius 3 is 2.12 bits per heavy atom. The average molecular weight is 713 g/mol. The largest absolute Gasteiger partial charge is 0.410 e. The van der Waals surface area contributed by atoms with Crippen LogP contribution in [0.1, 0.15) is 113 Å². The van der Waals surface area contributed by atoms with Crippen LogP contribution in [0.15, 0.2) is 30.5 Å². The molecule has 4 amide bonds. The van der Waals surface area contributed by atoms with Crippen LogP contribution in [0.4, 0.5) is 36.8 Å². The van der Waals surface area contributed by atoms with Crippen LogP contribution in [0.3, 0.4) is 0 Å². The number of urea groups is 1. The maximum atomic E-state index is 15.8.